The fourth-order valence-corrected chi connectivity index (χ4v) is 3.14. The van der Waals surface area contributed by atoms with E-state index in [1.807, 2.05) is 24.9 Å². The van der Waals surface area contributed by atoms with E-state index in [0.29, 0.717) is 12.5 Å². The summed E-state index contributed by atoms with van der Waals surface area (Å²) in [6.45, 7) is 2.62. The molecule has 0 aliphatic heterocycles. The maximum absolute atomic E-state index is 12.2. The molecule has 92 valence electrons. The van der Waals surface area contributed by atoms with Crippen molar-refractivity contribution in [2.45, 2.75) is 32.7 Å². The zero-order valence-corrected chi connectivity index (χ0v) is 10.5. The molecule has 0 spiro atoms. The van der Waals surface area contributed by atoms with E-state index in [1.54, 1.807) is 6.26 Å². The molecule has 1 aromatic rings. The predicted octanol–water partition coefficient (Wildman–Crippen LogP) is 2.59. The van der Waals surface area contributed by atoms with Gasteiger partial charge >= 0.3 is 0 Å². The topological polar surface area (TPSA) is 33.5 Å². The van der Waals surface area contributed by atoms with Gasteiger partial charge < -0.3 is 9.32 Å². The molecule has 2 unspecified atom stereocenters. The lowest BCUT2D eigenvalue weighted by Crippen LogP contribution is -2.32. The molecule has 2 saturated carbocycles. The summed E-state index contributed by atoms with van der Waals surface area (Å²) in [6.07, 6.45) is 5.30. The van der Waals surface area contributed by atoms with Crippen molar-refractivity contribution < 1.29 is 9.21 Å². The third-order valence-electron chi connectivity index (χ3n) is 4.34. The zero-order valence-electron chi connectivity index (χ0n) is 10.5. The molecule has 2 fully saturated rings. The van der Waals surface area contributed by atoms with Gasteiger partial charge in [-0.1, -0.05) is 0 Å². The molecule has 0 N–H and O–H groups in total. The van der Waals surface area contributed by atoms with Gasteiger partial charge in [0.25, 0.3) is 0 Å². The van der Waals surface area contributed by atoms with Gasteiger partial charge in [0.05, 0.1) is 6.26 Å². The third-order valence-corrected chi connectivity index (χ3v) is 4.34. The number of rotatable bonds is 3. The highest BCUT2D eigenvalue weighted by molar-refractivity contribution is 5.79. The largest absolute Gasteiger partial charge is 0.469 e. The Kier molecular flexibility index (Phi) is 2.49. The molecule has 0 bridgehead atoms. The van der Waals surface area contributed by atoms with Gasteiger partial charge in [-0.2, -0.15) is 0 Å². The number of amides is 1. The van der Waals surface area contributed by atoms with Crippen LogP contribution in [0.5, 0.6) is 0 Å². The Morgan fingerprint density at radius 2 is 2.12 bits per heavy atom. The second-order valence-electron chi connectivity index (χ2n) is 5.62. The van der Waals surface area contributed by atoms with Gasteiger partial charge in [0.15, 0.2) is 0 Å². The lowest BCUT2D eigenvalue weighted by molar-refractivity contribution is -0.134. The van der Waals surface area contributed by atoms with E-state index in [1.165, 1.54) is 6.42 Å². The van der Waals surface area contributed by atoms with Crippen LogP contribution in [0, 0.1) is 24.7 Å². The molecule has 17 heavy (non-hydrogen) atoms. The van der Waals surface area contributed by atoms with Gasteiger partial charge in [-0.05, 0) is 44.1 Å². The Morgan fingerprint density at radius 1 is 1.41 bits per heavy atom. The lowest BCUT2D eigenvalue weighted by atomic mass is 10.0. The van der Waals surface area contributed by atoms with Crippen LogP contribution in [0.25, 0.3) is 0 Å². The first-order chi connectivity index (χ1) is 8.15. The highest BCUT2D eigenvalue weighted by Gasteiger charge is 2.48. The first-order valence-corrected chi connectivity index (χ1v) is 6.43. The lowest BCUT2D eigenvalue weighted by Gasteiger charge is -2.21. The summed E-state index contributed by atoms with van der Waals surface area (Å²) in [5.41, 5.74) is 1.11. The monoisotopic (exact) mass is 233 g/mol. The van der Waals surface area contributed by atoms with Crippen molar-refractivity contribution in [2.24, 2.45) is 17.8 Å². The van der Waals surface area contributed by atoms with E-state index in [4.69, 9.17) is 4.42 Å². The van der Waals surface area contributed by atoms with Crippen LogP contribution in [0.1, 0.15) is 30.6 Å². The van der Waals surface area contributed by atoms with Gasteiger partial charge in [0.1, 0.15) is 5.76 Å². The molecule has 0 radical (unpaired) electrons. The quantitative estimate of drug-likeness (QED) is 0.804. The van der Waals surface area contributed by atoms with Crippen molar-refractivity contribution in [3.63, 3.8) is 0 Å². The molecular weight excluding hydrogens is 214 g/mol. The number of furan rings is 1. The van der Waals surface area contributed by atoms with Gasteiger partial charge in [0, 0.05) is 25.1 Å². The average molecular weight is 233 g/mol. The minimum atomic E-state index is 0.288. The van der Waals surface area contributed by atoms with Crippen molar-refractivity contribution >= 4 is 5.91 Å². The smallest absolute Gasteiger partial charge is 0.225 e. The van der Waals surface area contributed by atoms with Crippen molar-refractivity contribution in [1.29, 1.82) is 0 Å². The Labute approximate surface area is 102 Å². The summed E-state index contributed by atoms with van der Waals surface area (Å²) in [7, 11) is 1.90. The number of fused-ring (bicyclic) bond motifs is 1. The van der Waals surface area contributed by atoms with Crippen molar-refractivity contribution in [1.82, 2.24) is 4.90 Å². The summed E-state index contributed by atoms with van der Waals surface area (Å²) in [5.74, 6) is 3.26. The van der Waals surface area contributed by atoms with Gasteiger partial charge in [-0.15, -0.1) is 0 Å². The standard InChI is InChI=1S/C14H19NO2/c1-9-10(3-4-17-9)8-15(2)14(16)13-6-11-5-12(11)7-13/h3-4,11-13H,5-8H2,1-2H3. The van der Waals surface area contributed by atoms with Crippen LogP contribution in [-0.2, 0) is 11.3 Å². The maximum Gasteiger partial charge on any atom is 0.225 e. The van der Waals surface area contributed by atoms with Gasteiger partial charge in [0.2, 0.25) is 5.91 Å². The number of carbonyl (C=O) groups is 1. The molecule has 2 aliphatic rings. The summed E-state index contributed by atoms with van der Waals surface area (Å²) >= 11 is 0. The van der Waals surface area contributed by atoms with Crippen LogP contribution in [-0.4, -0.2) is 17.9 Å². The predicted molar refractivity (Wildman–Crippen MR) is 64.2 cm³/mol. The fraction of sp³-hybridized carbons (Fsp3) is 0.643. The van der Waals surface area contributed by atoms with E-state index in [-0.39, 0.29) is 5.92 Å². The molecule has 3 heteroatoms. The number of hydrogen-bond acceptors (Lipinski definition) is 2. The molecule has 2 aliphatic carbocycles. The van der Waals surface area contributed by atoms with Crippen LogP contribution in [0.2, 0.25) is 0 Å². The molecule has 2 atom stereocenters. The molecule has 1 amide bonds. The summed E-state index contributed by atoms with van der Waals surface area (Å²) in [5, 5.41) is 0. The molecule has 3 rings (SSSR count). The SMILES string of the molecule is Cc1occc1CN(C)C(=O)C1CC2CC2C1. The average Bonchev–Trinajstić information content (AvgIpc) is 2.72. The summed E-state index contributed by atoms with van der Waals surface area (Å²) in [6, 6.07) is 1.95. The Morgan fingerprint density at radius 3 is 2.71 bits per heavy atom. The summed E-state index contributed by atoms with van der Waals surface area (Å²) in [4.78, 5) is 14.1. The third kappa shape index (κ3) is 1.99. The van der Waals surface area contributed by atoms with Crippen LogP contribution < -0.4 is 0 Å². The number of aryl methyl sites for hydroxylation is 1. The minimum Gasteiger partial charge on any atom is -0.469 e. The summed E-state index contributed by atoms with van der Waals surface area (Å²) < 4.78 is 5.26. The van der Waals surface area contributed by atoms with Gasteiger partial charge in [-0.3, -0.25) is 4.79 Å². The van der Waals surface area contributed by atoms with Crippen molar-refractivity contribution in [3.8, 4) is 0 Å². The highest BCUT2D eigenvalue weighted by atomic mass is 16.3. The molecule has 0 aromatic carbocycles. The molecular formula is C14H19NO2. The molecule has 1 aromatic heterocycles. The Hall–Kier alpha value is -1.25. The van der Waals surface area contributed by atoms with Gasteiger partial charge in [-0.25, -0.2) is 0 Å². The van der Waals surface area contributed by atoms with E-state index in [9.17, 15) is 4.79 Å². The van der Waals surface area contributed by atoms with E-state index >= 15 is 0 Å². The number of carbonyl (C=O) groups excluding carboxylic acids is 1. The van der Waals surface area contributed by atoms with Crippen molar-refractivity contribution in [2.75, 3.05) is 7.05 Å². The van der Waals surface area contributed by atoms with Crippen molar-refractivity contribution in [3.05, 3.63) is 23.7 Å². The maximum atomic E-state index is 12.2. The Balaban J connectivity index is 1.60. The van der Waals surface area contributed by atoms with E-state index in [0.717, 1.165) is 36.0 Å². The molecule has 3 nitrogen and oxygen atoms in total. The second kappa shape index (κ2) is 3.90. The van der Waals surface area contributed by atoms with Crippen LogP contribution in [0.3, 0.4) is 0 Å². The molecule has 0 saturated heterocycles. The number of nitrogens with zero attached hydrogens (tertiary/aromatic N) is 1. The Bertz CT molecular complexity index is 427. The number of hydrogen-bond donors (Lipinski definition) is 0. The van der Waals surface area contributed by atoms with E-state index in [2.05, 4.69) is 0 Å². The normalized spacial score (nSPS) is 30.1. The second-order valence-corrected chi connectivity index (χ2v) is 5.62. The van der Waals surface area contributed by atoms with Crippen LogP contribution in [0.4, 0.5) is 0 Å². The van der Waals surface area contributed by atoms with Crippen LogP contribution >= 0.6 is 0 Å². The zero-order chi connectivity index (χ0) is 12.0. The minimum absolute atomic E-state index is 0.288. The first kappa shape index (κ1) is 10.9. The fourth-order valence-electron chi connectivity index (χ4n) is 3.14. The highest BCUT2D eigenvalue weighted by Crippen LogP contribution is 2.54. The first-order valence-electron chi connectivity index (χ1n) is 6.43. The molecule has 1 heterocycles. The van der Waals surface area contributed by atoms with Crippen LogP contribution in [0.15, 0.2) is 16.7 Å². The van der Waals surface area contributed by atoms with E-state index < -0.39 is 0 Å².